The van der Waals surface area contributed by atoms with E-state index < -0.39 is 0 Å². The normalized spacial score (nSPS) is 21.4. The van der Waals surface area contributed by atoms with Crippen molar-refractivity contribution in [3.8, 4) is 0 Å². The lowest BCUT2D eigenvalue weighted by atomic mass is 10.3. The predicted octanol–water partition coefficient (Wildman–Crippen LogP) is 1.58. The maximum Gasteiger partial charge on any atom is 0.0940 e. The molecule has 0 bridgehead atoms. The number of hydrogen-bond acceptors (Lipinski definition) is 5. The molecule has 1 N–H and O–H groups in total. The fraction of sp³-hybridized carbons (Fsp3) is 0.800. The molecule has 1 saturated carbocycles. The first-order valence-corrected chi connectivity index (χ1v) is 8.77. The molecule has 3 rings (SSSR count). The van der Waals surface area contributed by atoms with Gasteiger partial charge < -0.3 is 15.1 Å². The van der Waals surface area contributed by atoms with Gasteiger partial charge in [-0.3, -0.25) is 0 Å². The third-order valence-corrected chi connectivity index (χ3v) is 5.35. The molecule has 4 nitrogen and oxygen atoms in total. The van der Waals surface area contributed by atoms with Crippen LogP contribution < -0.4 is 5.32 Å². The Kier molecular flexibility index (Phi) is 5.04. The van der Waals surface area contributed by atoms with Gasteiger partial charge in [0.15, 0.2) is 0 Å². The van der Waals surface area contributed by atoms with Crippen molar-refractivity contribution in [2.45, 2.75) is 38.8 Å². The van der Waals surface area contributed by atoms with E-state index in [1.165, 1.54) is 62.0 Å². The average molecular weight is 294 g/mol. The lowest BCUT2D eigenvalue weighted by molar-refractivity contribution is 0.138. The first-order valence-electron chi connectivity index (χ1n) is 7.95. The third-order valence-electron chi connectivity index (χ3n) is 4.30. The van der Waals surface area contributed by atoms with Crippen LogP contribution in [0.15, 0.2) is 6.20 Å². The van der Waals surface area contributed by atoms with Gasteiger partial charge in [-0.05, 0) is 19.4 Å². The van der Waals surface area contributed by atoms with E-state index >= 15 is 0 Å². The van der Waals surface area contributed by atoms with Crippen LogP contribution in [0.1, 0.15) is 29.7 Å². The summed E-state index contributed by atoms with van der Waals surface area (Å²) in [5.41, 5.74) is 0. The van der Waals surface area contributed by atoms with Gasteiger partial charge in [-0.25, -0.2) is 4.98 Å². The number of piperazine rings is 1. The molecule has 0 atom stereocenters. The van der Waals surface area contributed by atoms with Crippen molar-refractivity contribution in [3.63, 3.8) is 0 Å². The second kappa shape index (κ2) is 6.98. The Morgan fingerprint density at radius 3 is 2.70 bits per heavy atom. The van der Waals surface area contributed by atoms with Crippen LogP contribution >= 0.6 is 11.3 Å². The highest BCUT2D eigenvalue weighted by Gasteiger charge is 2.20. The SMILES string of the molecule is CCN1CCN(CCc2ncc(CNC3CC3)s2)CC1. The lowest BCUT2D eigenvalue weighted by Crippen LogP contribution is -2.46. The summed E-state index contributed by atoms with van der Waals surface area (Å²) in [7, 11) is 0. The van der Waals surface area contributed by atoms with Crippen LogP contribution in [0.2, 0.25) is 0 Å². The number of rotatable bonds is 7. The third kappa shape index (κ3) is 4.25. The zero-order valence-electron chi connectivity index (χ0n) is 12.5. The van der Waals surface area contributed by atoms with Crippen LogP contribution in [0.5, 0.6) is 0 Å². The van der Waals surface area contributed by atoms with E-state index in [9.17, 15) is 0 Å². The molecular formula is C15H26N4S. The summed E-state index contributed by atoms with van der Waals surface area (Å²) in [6.45, 7) is 10.5. The van der Waals surface area contributed by atoms with Gasteiger partial charge in [-0.1, -0.05) is 6.92 Å². The van der Waals surface area contributed by atoms with E-state index in [-0.39, 0.29) is 0 Å². The van der Waals surface area contributed by atoms with Crippen LogP contribution in [-0.2, 0) is 13.0 Å². The molecule has 5 heteroatoms. The fourth-order valence-electron chi connectivity index (χ4n) is 2.66. The van der Waals surface area contributed by atoms with Gasteiger partial charge in [0, 0.05) is 62.8 Å². The van der Waals surface area contributed by atoms with Crippen molar-refractivity contribution >= 4 is 11.3 Å². The van der Waals surface area contributed by atoms with Gasteiger partial charge in [-0.2, -0.15) is 0 Å². The smallest absolute Gasteiger partial charge is 0.0940 e. The van der Waals surface area contributed by atoms with Crippen LogP contribution in [0.25, 0.3) is 0 Å². The van der Waals surface area contributed by atoms with Gasteiger partial charge in [0.1, 0.15) is 0 Å². The van der Waals surface area contributed by atoms with Gasteiger partial charge >= 0.3 is 0 Å². The number of hydrogen-bond donors (Lipinski definition) is 1. The summed E-state index contributed by atoms with van der Waals surface area (Å²) in [6.07, 6.45) is 5.88. The molecule has 0 spiro atoms. The predicted molar refractivity (Wildman–Crippen MR) is 84.2 cm³/mol. The Morgan fingerprint density at radius 2 is 2.00 bits per heavy atom. The molecule has 2 heterocycles. The van der Waals surface area contributed by atoms with Gasteiger partial charge in [0.05, 0.1) is 5.01 Å². The molecule has 1 aromatic rings. The standard InChI is InChI=1S/C15H26N4S/c1-2-18-7-9-19(10-8-18)6-5-15-17-12-14(20-15)11-16-13-3-4-13/h12-13,16H,2-11H2,1H3. The summed E-state index contributed by atoms with van der Waals surface area (Å²) in [5.74, 6) is 0. The van der Waals surface area contributed by atoms with Crippen LogP contribution in [0.3, 0.4) is 0 Å². The molecule has 1 aliphatic heterocycles. The Hall–Kier alpha value is -0.490. The van der Waals surface area contributed by atoms with Crippen molar-refractivity contribution < 1.29 is 0 Å². The van der Waals surface area contributed by atoms with Crippen molar-refractivity contribution in [1.29, 1.82) is 0 Å². The van der Waals surface area contributed by atoms with Gasteiger partial charge in [0.25, 0.3) is 0 Å². The van der Waals surface area contributed by atoms with Crippen LogP contribution in [-0.4, -0.2) is 60.1 Å². The monoisotopic (exact) mass is 294 g/mol. The molecule has 112 valence electrons. The Labute approximate surface area is 126 Å². The van der Waals surface area contributed by atoms with Crippen molar-refractivity contribution in [2.24, 2.45) is 0 Å². The first-order chi connectivity index (χ1) is 9.83. The molecule has 0 amide bonds. The largest absolute Gasteiger partial charge is 0.309 e. The molecule has 0 aromatic carbocycles. The Morgan fingerprint density at radius 1 is 1.25 bits per heavy atom. The molecular weight excluding hydrogens is 268 g/mol. The number of aromatic nitrogens is 1. The fourth-order valence-corrected chi connectivity index (χ4v) is 3.52. The Balaban J connectivity index is 1.37. The average Bonchev–Trinajstić information content (AvgIpc) is 3.22. The second-order valence-corrected chi connectivity index (χ2v) is 7.10. The van der Waals surface area contributed by atoms with Gasteiger partial charge in [0.2, 0.25) is 0 Å². The van der Waals surface area contributed by atoms with E-state index in [2.05, 4.69) is 33.2 Å². The van der Waals surface area contributed by atoms with E-state index in [4.69, 9.17) is 0 Å². The quantitative estimate of drug-likeness (QED) is 0.827. The number of thiazole rings is 1. The highest BCUT2D eigenvalue weighted by Crippen LogP contribution is 2.21. The number of nitrogens with zero attached hydrogens (tertiary/aromatic N) is 3. The van der Waals surface area contributed by atoms with E-state index in [1.807, 2.05) is 11.3 Å². The van der Waals surface area contributed by atoms with Crippen LogP contribution in [0.4, 0.5) is 0 Å². The van der Waals surface area contributed by atoms with Crippen LogP contribution in [0, 0.1) is 0 Å². The number of likely N-dealkylation sites (N-methyl/N-ethyl adjacent to an activating group) is 1. The lowest BCUT2D eigenvalue weighted by Gasteiger charge is -2.33. The second-order valence-electron chi connectivity index (χ2n) is 5.90. The van der Waals surface area contributed by atoms with E-state index in [1.54, 1.807) is 0 Å². The molecule has 0 unspecified atom stereocenters. The molecule has 20 heavy (non-hydrogen) atoms. The summed E-state index contributed by atoms with van der Waals surface area (Å²) >= 11 is 1.89. The minimum Gasteiger partial charge on any atom is -0.309 e. The molecule has 1 aliphatic carbocycles. The highest BCUT2D eigenvalue weighted by atomic mass is 32.1. The zero-order valence-corrected chi connectivity index (χ0v) is 13.3. The summed E-state index contributed by atoms with van der Waals surface area (Å²) < 4.78 is 0. The first kappa shape index (κ1) is 14.4. The van der Waals surface area contributed by atoms with Gasteiger partial charge in [-0.15, -0.1) is 11.3 Å². The Bertz CT molecular complexity index is 408. The maximum absolute atomic E-state index is 4.57. The van der Waals surface area contributed by atoms with E-state index in [0.29, 0.717) is 0 Å². The molecule has 1 saturated heterocycles. The minimum atomic E-state index is 0.787. The topological polar surface area (TPSA) is 31.4 Å². The van der Waals surface area contributed by atoms with Crippen molar-refractivity contribution in [3.05, 3.63) is 16.1 Å². The van der Waals surface area contributed by atoms with Crippen molar-refractivity contribution in [2.75, 3.05) is 39.3 Å². The molecule has 2 fully saturated rings. The minimum absolute atomic E-state index is 0.787. The number of nitrogens with one attached hydrogen (secondary N) is 1. The summed E-state index contributed by atoms with van der Waals surface area (Å²) in [4.78, 5) is 11.1. The van der Waals surface area contributed by atoms with E-state index in [0.717, 1.165) is 19.0 Å². The molecule has 1 aromatic heterocycles. The summed E-state index contributed by atoms with van der Waals surface area (Å²) in [6, 6.07) is 0.787. The summed E-state index contributed by atoms with van der Waals surface area (Å²) in [5, 5.41) is 4.86. The van der Waals surface area contributed by atoms with Crippen molar-refractivity contribution in [1.82, 2.24) is 20.1 Å². The maximum atomic E-state index is 4.57. The molecule has 2 aliphatic rings. The molecule has 0 radical (unpaired) electrons. The zero-order chi connectivity index (χ0) is 13.8. The highest BCUT2D eigenvalue weighted by molar-refractivity contribution is 7.11.